The number of thiol groups is 3. The van der Waals surface area contributed by atoms with Crippen LogP contribution in [-0.4, -0.2) is 27.8 Å². The Balaban J connectivity index is 3.58. The Kier molecular flexibility index (Phi) is 9.04. The van der Waals surface area contributed by atoms with Crippen molar-refractivity contribution in [3.05, 3.63) is 0 Å². The van der Waals surface area contributed by atoms with Gasteiger partial charge in [0, 0.05) is 27.8 Å². The lowest BCUT2D eigenvalue weighted by Crippen LogP contribution is -2.14. The minimum Gasteiger partial charge on any atom is -0.178 e. The van der Waals surface area contributed by atoms with Gasteiger partial charge >= 0.3 is 0 Å². The first-order valence-corrected chi connectivity index (χ1v) is 6.60. The van der Waals surface area contributed by atoms with Crippen molar-refractivity contribution in [2.45, 2.75) is 23.8 Å². The molecular weight excluding hydrogens is 212 g/mol. The molecule has 0 spiro atoms. The van der Waals surface area contributed by atoms with Crippen molar-refractivity contribution in [1.82, 2.24) is 0 Å². The van der Waals surface area contributed by atoms with E-state index in [-0.39, 0.29) is 0 Å². The van der Waals surface area contributed by atoms with Gasteiger partial charge in [-0.15, -0.1) is 0 Å². The van der Waals surface area contributed by atoms with Crippen LogP contribution in [0, 0.1) is 0 Å². The second-order valence-corrected chi connectivity index (χ2v) is 5.04. The molecule has 0 aliphatic heterocycles. The van der Waals surface area contributed by atoms with E-state index >= 15 is 0 Å². The highest BCUT2D eigenvalue weighted by Gasteiger charge is 2.11. The summed E-state index contributed by atoms with van der Waals surface area (Å²) in [5, 5.41) is 1.25. The van der Waals surface area contributed by atoms with E-state index in [4.69, 9.17) is 0 Å². The van der Waals surface area contributed by atoms with E-state index < -0.39 is 0 Å². The lowest BCUT2D eigenvalue weighted by molar-refractivity contribution is 0.910. The maximum absolute atomic E-state index is 4.28. The second-order valence-electron chi connectivity index (χ2n) is 2.34. The van der Waals surface area contributed by atoms with E-state index in [0.29, 0.717) is 10.5 Å². The van der Waals surface area contributed by atoms with Gasteiger partial charge in [0.2, 0.25) is 0 Å². The fourth-order valence-electron chi connectivity index (χ4n) is 0.684. The number of hydrogen-bond donors (Lipinski definition) is 3. The molecule has 4 heteroatoms. The van der Waals surface area contributed by atoms with Gasteiger partial charge in [-0.05, 0) is 6.42 Å². The molecule has 0 N–H and O–H groups in total. The maximum atomic E-state index is 4.28. The molecule has 0 radical (unpaired) electrons. The summed E-state index contributed by atoms with van der Waals surface area (Å²) in [6.45, 7) is 2.20. The van der Waals surface area contributed by atoms with Gasteiger partial charge in [0.05, 0.1) is 0 Å². The average molecular weight is 228 g/mol. The zero-order chi connectivity index (χ0) is 8.69. The van der Waals surface area contributed by atoms with Gasteiger partial charge < -0.3 is 0 Å². The van der Waals surface area contributed by atoms with Crippen LogP contribution in [0.15, 0.2) is 0 Å². The predicted octanol–water partition coefficient (Wildman–Crippen LogP) is 2.66. The molecule has 0 amide bonds. The molecule has 0 saturated heterocycles. The molecule has 0 aromatic heterocycles. The lowest BCUT2D eigenvalue weighted by Gasteiger charge is -2.17. The van der Waals surface area contributed by atoms with Crippen molar-refractivity contribution in [1.29, 1.82) is 0 Å². The molecule has 0 bridgehead atoms. The van der Waals surface area contributed by atoms with E-state index in [1.807, 2.05) is 11.8 Å². The Hall–Kier alpha value is 1.40. The molecule has 1 unspecified atom stereocenters. The largest absolute Gasteiger partial charge is 0.178 e. The van der Waals surface area contributed by atoms with Crippen LogP contribution in [0.5, 0.6) is 0 Å². The monoisotopic (exact) mass is 228 g/mol. The summed E-state index contributed by atoms with van der Waals surface area (Å²) in [6, 6.07) is 0. The van der Waals surface area contributed by atoms with Crippen LogP contribution in [0.25, 0.3) is 0 Å². The molecule has 0 aliphatic rings. The molecule has 0 aliphatic carbocycles. The topological polar surface area (TPSA) is 0 Å². The van der Waals surface area contributed by atoms with Crippen molar-refractivity contribution >= 4 is 49.6 Å². The summed E-state index contributed by atoms with van der Waals surface area (Å²) in [5.41, 5.74) is 0. The van der Waals surface area contributed by atoms with Crippen LogP contribution in [0.1, 0.15) is 13.3 Å². The van der Waals surface area contributed by atoms with Gasteiger partial charge in [-0.1, -0.05) is 6.92 Å². The fraction of sp³-hybridized carbons (Fsp3) is 1.00. The Morgan fingerprint density at radius 3 is 1.73 bits per heavy atom. The van der Waals surface area contributed by atoms with E-state index in [9.17, 15) is 0 Å². The van der Waals surface area contributed by atoms with Gasteiger partial charge in [-0.3, -0.25) is 0 Å². The molecule has 0 saturated carbocycles. The van der Waals surface area contributed by atoms with Crippen molar-refractivity contribution < 1.29 is 0 Å². The zero-order valence-corrected chi connectivity index (χ0v) is 10.2. The Morgan fingerprint density at radius 2 is 1.45 bits per heavy atom. The molecule has 0 rings (SSSR count). The normalized spacial score (nSPS) is 13.9. The van der Waals surface area contributed by atoms with Crippen LogP contribution in [0.2, 0.25) is 0 Å². The summed E-state index contributed by atoms with van der Waals surface area (Å²) in [7, 11) is 0. The smallest absolute Gasteiger partial charge is 0.0226 e. The minimum atomic E-state index is 0.582. The summed E-state index contributed by atoms with van der Waals surface area (Å²) in [5.74, 6) is 2.79. The fourth-order valence-corrected chi connectivity index (χ4v) is 3.17. The Bertz CT molecular complexity index is 68.5. The van der Waals surface area contributed by atoms with Gasteiger partial charge in [0.15, 0.2) is 0 Å². The number of thioether (sulfide) groups is 1. The van der Waals surface area contributed by atoms with E-state index in [1.54, 1.807) is 0 Å². The third-order valence-corrected chi connectivity index (χ3v) is 5.12. The Labute approximate surface area is 90.5 Å². The van der Waals surface area contributed by atoms with Gasteiger partial charge in [-0.25, -0.2) is 0 Å². The van der Waals surface area contributed by atoms with E-state index in [0.717, 1.165) is 17.3 Å². The molecule has 1 atom stereocenters. The molecule has 0 nitrogen and oxygen atoms in total. The van der Waals surface area contributed by atoms with Crippen LogP contribution in [0.4, 0.5) is 0 Å². The lowest BCUT2D eigenvalue weighted by atomic mass is 10.4. The van der Waals surface area contributed by atoms with Crippen molar-refractivity contribution in [2.75, 3.05) is 17.3 Å². The van der Waals surface area contributed by atoms with E-state index in [2.05, 4.69) is 44.8 Å². The molecule has 0 aromatic rings. The van der Waals surface area contributed by atoms with Crippen molar-refractivity contribution in [3.8, 4) is 0 Å². The minimum absolute atomic E-state index is 0.582. The van der Waals surface area contributed by atoms with Gasteiger partial charge in [0.1, 0.15) is 0 Å². The molecule has 0 fully saturated rings. The first kappa shape index (κ1) is 12.4. The highest BCUT2D eigenvalue weighted by atomic mass is 32.2. The predicted molar refractivity (Wildman–Crippen MR) is 67.0 cm³/mol. The second kappa shape index (κ2) is 8.02. The first-order chi connectivity index (χ1) is 5.28. The maximum Gasteiger partial charge on any atom is 0.0226 e. The van der Waals surface area contributed by atoms with Crippen LogP contribution in [-0.2, 0) is 0 Å². The van der Waals surface area contributed by atoms with Crippen LogP contribution in [0.3, 0.4) is 0 Å². The number of rotatable bonds is 6. The summed E-state index contributed by atoms with van der Waals surface area (Å²) in [6.07, 6.45) is 1.19. The highest BCUT2D eigenvalue weighted by molar-refractivity contribution is 8.02. The quantitative estimate of drug-likeness (QED) is 0.588. The summed E-state index contributed by atoms with van der Waals surface area (Å²) in [4.78, 5) is 0. The SMILES string of the molecule is CCC(CS)SC(CS)CS. The molecule has 0 aromatic carbocycles. The molecule has 0 heterocycles. The molecule has 11 heavy (non-hydrogen) atoms. The average Bonchev–Trinajstić information content (AvgIpc) is 2.07. The van der Waals surface area contributed by atoms with Gasteiger partial charge in [-0.2, -0.15) is 49.6 Å². The molecular formula is C7H16S4. The number of hydrogen-bond acceptors (Lipinski definition) is 4. The zero-order valence-electron chi connectivity index (χ0n) is 6.73. The third kappa shape index (κ3) is 5.61. The molecule has 68 valence electrons. The van der Waals surface area contributed by atoms with E-state index in [1.165, 1.54) is 6.42 Å². The van der Waals surface area contributed by atoms with Gasteiger partial charge in [0.25, 0.3) is 0 Å². The van der Waals surface area contributed by atoms with Crippen LogP contribution < -0.4 is 0 Å². The summed E-state index contributed by atoms with van der Waals surface area (Å²) >= 11 is 14.7. The third-order valence-electron chi connectivity index (χ3n) is 1.45. The van der Waals surface area contributed by atoms with Crippen LogP contribution >= 0.6 is 49.6 Å². The standard InChI is InChI=1S/C7H16S4/c1-2-6(3-8)11-7(4-9)5-10/h6-10H,2-5H2,1H3. The summed E-state index contributed by atoms with van der Waals surface area (Å²) < 4.78 is 0. The highest BCUT2D eigenvalue weighted by Crippen LogP contribution is 2.23. The van der Waals surface area contributed by atoms with Crippen molar-refractivity contribution in [3.63, 3.8) is 0 Å². The van der Waals surface area contributed by atoms with Crippen molar-refractivity contribution in [2.24, 2.45) is 0 Å². The Morgan fingerprint density at radius 1 is 1.00 bits per heavy atom. The first-order valence-electron chi connectivity index (χ1n) is 3.76.